The van der Waals surface area contributed by atoms with Gasteiger partial charge in [0.15, 0.2) is 0 Å². The van der Waals surface area contributed by atoms with Crippen molar-refractivity contribution < 1.29 is 19.8 Å². The Labute approximate surface area is 253 Å². The average Bonchev–Trinajstić information content (AvgIpc) is 3.00. The topological polar surface area (TPSA) is 93.1 Å². The number of benzene rings is 3. The van der Waals surface area contributed by atoms with Gasteiger partial charge in [0.2, 0.25) is 5.91 Å². The average molecular weight is 590 g/mol. The number of aliphatic hydroxyl groups is 1. The predicted molar refractivity (Wildman–Crippen MR) is 166 cm³/mol. The van der Waals surface area contributed by atoms with Gasteiger partial charge in [-0.2, -0.15) is 0 Å². The molecule has 1 saturated carbocycles. The minimum absolute atomic E-state index is 0.0317. The van der Waals surface area contributed by atoms with Crippen LogP contribution in [0.2, 0.25) is 5.02 Å². The molecule has 3 N–H and O–H groups in total. The molecule has 2 aliphatic rings. The summed E-state index contributed by atoms with van der Waals surface area (Å²) in [5.74, 6) is -1.37. The van der Waals surface area contributed by atoms with E-state index in [9.17, 15) is 19.8 Å². The van der Waals surface area contributed by atoms with E-state index in [1.807, 2.05) is 12.1 Å². The summed E-state index contributed by atoms with van der Waals surface area (Å²) in [5.41, 5.74) is 2.40. The van der Waals surface area contributed by atoms with Crippen molar-refractivity contribution in [3.63, 3.8) is 0 Å². The number of nitrogens with one attached hydrogen (secondary N) is 1. The van der Waals surface area contributed by atoms with Gasteiger partial charge in [0.25, 0.3) is 0 Å². The number of carboxylic acids is 1. The number of aliphatic hydroxyl groups excluding tert-OH is 1. The highest BCUT2D eigenvalue weighted by Crippen LogP contribution is 2.44. The Kier molecular flexibility index (Phi) is 9.95. The molecule has 1 atom stereocenters. The monoisotopic (exact) mass is 589 g/mol. The Morgan fingerprint density at radius 1 is 0.833 bits per heavy atom. The number of piperazine rings is 1. The minimum atomic E-state index is -1.14. The quantitative estimate of drug-likeness (QED) is 0.252. The fourth-order valence-corrected chi connectivity index (χ4v) is 6.96. The largest absolute Gasteiger partial charge is 0.478 e. The maximum Gasteiger partial charge on any atom is 0.337 e. The molecule has 5 rings (SSSR count). The molecule has 3 aromatic rings. The molecule has 1 heterocycles. The molecule has 0 radical (unpaired) electrons. The first-order valence-corrected chi connectivity index (χ1v) is 15.3. The summed E-state index contributed by atoms with van der Waals surface area (Å²) in [5, 5.41) is 24.2. The van der Waals surface area contributed by atoms with Gasteiger partial charge in [0, 0.05) is 37.6 Å². The highest BCUT2D eigenvalue weighted by molar-refractivity contribution is 6.31. The number of rotatable bonds is 10. The number of halogens is 1. The van der Waals surface area contributed by atoms with E-state index >= 15 is 0 Å². The second-order valence-corrected chi connectivity index (χ2v) is 12.2. The van der Waals surface area contributed by atoms with Crippen LogP contribution in [0, 0.1) is 5.41 Å². The van der Waals surface area contributed by atoms with E-state index in [1.165, 1.54) is 23.3 Å². The third-order valence-electron chi connectivity index (χ3n) is 8.92. The third kappa shape index (κ3) is 7.39. The number of aromatic carboxylic acids is 1. The molecular formula is C34H40ClN3O4. The van der Waals surface area contributed by atoms with Crippen molar-refractivity contribution in [2.75, 3.05) is 31.5 Å². The molecular weight excluding hydrogens is 550 g/mol. The van der Waals surface area contributed by atoms with Crippen LogP contribution >= 0.6 is 11.6 Å². The Morgan fingerprint density at radius 3 is 1.98 bits per heavy atom. The van der Waals surface area contributed by atoms with Gasteiger partial charge in [0.1, 0.15) is 6.23 Å². The lowest BCUT2D eigenvalue weighted by atomic mass is 9.69. The van der Waals surface area contributed by atoms with E-state index in [1.54, 1.807) is 6.07 Å². The number of amides is 1. The van der Waals surface area contributed by atoms with Crippen molar-refractivity contribution in [2.24, 2.45) is 5.41 Å². The van der Waals surface area contributed by atoms with Gasteiger partial charge in [-0.1, -0.05) is 91.5 Å². The fourth-order valence-electron chi connectivity index (χ4n) is 6.79. The molecule has 3 aromatic carbocycles. The molecule has 0 spiro atoms. The van der Waals surface area contributed by atoms with Crippen LogP contribution in [-0.4, -0.2) is 64.3 Å². The van der Waals surface area contributed by atoms with Crippen molar-refractivity contribution >= 4 is 29.2 Å². The summed E-state index contributed by atoms with van der Waals surface area (Å²) in [6, 6.07) is 25.8. The molecule has 1 amide bonds. The minimum Gasteiger partial charge on any atom is -0.478 e. The number of carbonyl (C=O) groups is 2. The number of carboxylic acid groups (broad SMARTS) is 1. The Balaban J connectivity index is 1.24. The summed E-state index contributed by atoms with van der Waals surface area (Å²) in [6.07, 6.45) is 5.02. The van der Waals surface area contributed by atoms with Crippen LogP contribution in [0.3, 0.4) is 0 Å². The van der Waals surface area contributed by atoms with Crippen molar-refractivity contribution in [2.45, 2.75) is 57.2 Å². The lowest BCUT2D eigenvalue weighted by Crippen LogP contribution is -2.52. The molecule has 8 heteroatoms. The molecule has 7 nitrogen and oxygen atoms in total. The first-order valence-electron chi connectivity index (χ1n) is 14.9. The highest BCUT2D eigenvalue weighted by atomic mass is 35.5. The normalized spacial score (nSPS) is 18.5. The first kappa shape index (κ1) is 30.2. The Morgan fingerprint density at radius 2 is 1.40 bits per heavy atom. The molecule has 2 fully saturated rings. The number of carbonyl (C=O) groups excluding carboxylic acids is 1. The van der Waals surface area contributed by atoms with E-state index in [4.69, 9.17) is 11.6 Å². The summed E-state index contributed by atoms with van der Waals surface area (Å²) in [7, 11) is 0. The number of hydrogen-bond donors (Lipinski definition) is 3. The lowest BCUT2D eigenvalue weighted by molar-refractivity contribution is -0.121. The second-order valence-electron chi connectivity index (χ2n) is 11.8. The lowest BCUT2D eigenvalue weighted by Gasteiger charge is -2.44. The van der Waals surface area contributed by atoms with Gasteiger partial charge < -0.3 is 15.5 Å². The van der Waals surface area contributed by atoms with Crippen molar-refractivity contribution in [3.05, 3.63) is 101 Å². The van der Waals surface area contributed by atoms with Gasteiger partial charge in [-0.3, -0.25) is 14.6 Å². The van der Waals surface area contributed by atoms with Crippen molar-refractivity contribution in [3.8, 4) is 0 Å². The van der Waals surface area contributed by atoms with Crippen molar-refractivity contribution in [1.29, 1.82) is 0 Å². The van der Waals surface area contributed by atoms with Gasteiger partial charge in [-0.25, -0.2) is 4.79 Å². The smallest absolute Gasteiger partial charge is 0.337 e. The molecule has 1 unspecified atom stereocenters. The van der Waals surface area contributed by atoms with Crippen LogP contribution in [0.15, 0.2) is 78.9 Å². The SMILES string of the molecule is O=C(CC1(CC(O)N2CCN(C(c3ccccc3)c3ccccc3)CC2)CCCCC1)Nc1ccc(Cl)cc1C(=O)O. The van der Waals surface area contributed by atoms with Gasteiger partial charge in [0.05, 0.1) is 17.3 Å². The molecule has 1 aliphatic carbocycles. The molecule has 42 heavy (non-hydrogen) atoms. The standard InChI is InChI=1S/C34H40ClN3O4/c35-27-14-15-29(28(22-27)33(41)42)36-30(39)23-34(16-8-3-9-17-34)24-31(40)37-18-20-38(21-19-37)32(25-10-4-1-5-11-25)26-12-6-2-7-13-26/h1-2,4-7,10-15,22,31-32,40H,3,8-9,16-21,23-24H2,(H,36,39)(H,41,42). The van der Waals surface area contributed by atoms with Crippen LogP contribution in [0.25, 0.3) is 0 Å². The van der Waals surface area contributed by atoms with E-state index in [2.05, 4.69) is 63.6 Å². The molecule has 222 valence electrons. The summed E-state index contributed by atoms with van der Waals surface area (Å²) in [6.45, 7) is 3.14. The van der Waals surface area contributed by atoms with E-state index in [0.717, 1.165) is 58.3 Å². The van der Waals surface area contributed by atoms with Crippen LogP contribution < -0.4 is 5.32 Å². The van der Waals surface area contributed by atoms with Gasteiger partial charge in [-0.15, -0.1) is 0 Å². The molecule has 0 bridgehead atoms. The third-order valence-corrected chi connectivity index (χ3v) is 9.15. The maximum absolute atomic E-state index is 13.3. The summed E-state index contributed by atoms with van der Waals surface area (Å²) < 4.78 is 0. The zero-order chi connectivity index (χ0) is 29.5. The highest BCUT2D eigenvalue weighted by Gasteiger charge is 2.39. The van der Waals surface area contributed by atoms with E-state index < -0.39 is 12.2 Å². The molecule has 0 aromatic heterocycles. The van der Waals surface area contributed by atoms with E-state index in [0.29, 0.717) is 11.4 Å². The number of hydrogen-bond acceptors (Lipinski definition) is 5. The zero-order valence-corrected chi connectivity index (χ0v) is 24.7. The van der Waals surface area contributed by atoms with Gasteiger partial charge >= 0.3 is 5.97 Å². The second kappa shape index (κ2) is 13.8. The molecule has 1 aliphatic heterocycles. The van der Waals surface area contributed by atoms with Crippen LogP contribution in [-0.2, 0) is 4.79 Å². The fraction of sp³-hybridized carbons (Fsp3) is 0.412. The maximum atomic E-state index is 13.3. The summed E-state index contributed by atoms with van der Waals surface area (Å²) >= 11 is 5.98. The Bertz CT molecular complexity index is 1300. The van der Waals surface area contributed by atoms with Gasteiger partial charge in [-0.05, 0) is 54.0 Å². The zero-order valence-electron chi connectivity index (χ0n) is 23.9. The van der Waals surface area contributed by atoms with Crippen molar-refractivity contribution in [1.82, 2.24) is 9.80 Å². The number of anilines is 1. The van der Waals surface area contributed by atoms with Crippen LogP contribution in [0.1, 0.15) is 72.5 Å². The van der Waals surface area contributed by atoms with Crippen LogP contribution in [0.4, 0.5) is 5.69 Å². The summed E-state index contributed by atoms with van der Waals surface area (Å²) in [4.78, 5) is 29.6. The predicted octanol–water partition coefficient (Wildman–Crippen LogP) is 6.43. The Hall–Kier alpha value is -3.23. The van der Waals surface area contributed by atoms with E-state index in [-0.39, 0.29) is 35.0 Å². The molecule has 1 saturated heterocycles. The first-order chi connectivity index (χ1) is 20.3. The number of nitrogens with zero attached hydrogens (tertiary/aromatic N) is 2. The van der Waals surface area contributed by atoms with Crippen LogP contribution in [0.5, 0.6) is 0 Å².